The summed E-state index contributed by atoms with van der Waals surface area (Å²) in [6, 6.07) is 3.64. The molecule has 1 amide bonds. The predicted octanol–water partition coefficient (Wildman–Crippen LogP) is 0.860. The Bertz CT molecular complexity index is 655. The lowest BCUT2D eigenvalue weighted by atomic mass is 10.2. The van der Waals surface area contributed by atoms with Crippen molar-refractivity contribution in [1.82, 2.24) is 15.1 Å². The van der Waals surface area contributed by atoms with Gasteiger partial charge in [-0.05, 0) is 24.3 Å². The molecule has 1 N–H and O–H groups in total. The molecule has 0 radical (unpaired) electrons. The number of carbonyl (C=O) groups is 1. The first-order valence-corrected chi connectivity index (χ1v) is 7.60. The zero-order valence-electron chi connectivity index (χ0n) is 11.3. The van der Waals surface area contributed by atoms with Crippen LogP contribution in [0.25, 0.3) is 10.8 Å². The fraction of sp³-hybridized carbons (Fsp3) is 0.462. The second-order valence-electron chi connectivity index (χ2n) is 4.75. The number of hydrogen-bond acceptors (Lipinski definition) is 6. The third-order valence-corrected chi connectivity index (χ3v) is 4.04. The van der Waals surface area contributed by atoms with Crippen molar-refractivity contribution in [2.45, 2.75) is 25.5 Å². The molecule has 3 rings (SSSR count). The van der Waals surface area contributed by atoms with Gasteiger partial charge < -0.3 is 14.5 Å². The molecular weight excluding hydrogens is 294 g/mol. The maximum Gasteiger partial charge on any atom is 0.437 e. The Hall–Kier alpha value is -1.93. The summed E-state index contributed by atoms with van der Waals surface area (Å²) in [6.07, 6.45) is 2.05. The molecule has 1 aliphatic heterocycles. The van der Waals surface area contributed by atoms with Gasteiger partial charge in [0, 0.05) is 13.2 Å². The van der Waals surface area contributed by atoms with Crippen LogP contribution in [0.4, 0.5) is 0 Å². The first kappa shape index (κ1) is 14.0. The molecule has 1 fully saturated rings. The Morgan fingerprint density at radius 3 is 3.19 bits per heavy atom. The summed E-state index contributed by atoms with van der Waals surface area (Å²) in [7, 11) is 0. The topological polar surface area (TPSA) is 86.4 Å². The molecule has 0 saturated carbocycles. The number of hydrogen-bond donors (Lipinski definition) is 1. The summed E-state index contributed by atoms with van der Waals surface area (Å²) >= 11 is 1.42. The molecule has 8 heteroatoms. The molecule has 3 heterocycles. The van der Waals surface area contributed by atoms with Crippen molar-refractivity contribution >= 4 is 17.2 Å². The van der Waals surface area contributed by atoms with Gasteiger partial charge in [0.2, 0.25) is 5.91 Å². The van der Waals surface area contributed by atoms with Crippen LogP contribution in [0.3, 0.4) is 0 Å². The molecule has 2 aromatic heterocycles. The van der Waals surface area contributed by atoms with Crippen molar-refractivity contribution in [2.24, 2.45) is 0 Å². The summed E-state index contributed by atoms with van der Waals surface area (Å²) in [5.41, 5.74) is 0. The van der Waals surface area contributed by atoms with Crippen molar-refractivity contribution < 1.29 is 13.9 Å². The number of nitrogens with one attached hydrogen (secondary N) is 1. The summed E-state index contributed by atoms with van der Waals surface area (Å²) in [4.78, 5) is 24.2. The quantitative estimate of drug-likeness (QED) is 0.885. The molecule has 7 nitrogen and oxygen atoms in total. The van der Waals surface area contributed by atoms with Crippen molar-refractivity contribution in [2.75, 3.05) is 13.2 Å². The van der Waals surface area contributed by atoms with Crippen LogP contribution < -0.4 is 11.1 Å². The average Bonchev–Trinajstić information content (AvgIpc) is 3.18. The van der Waals surface area contributed by atoms with Crippen LogP contribution in [-0.4, -0.2) is 34.9 Å². The van der Waals surface area contributed by atoms with Crippen molar-refractivity contribution in [3.63, 3.8) is 0 Å². The van der Waals surface area contributed by atoms with E-state index in [9.17, 15) is 9.59 Å². The average molecular weight is 309 g/mol. The minimum Gasteiger partial charge on any atom is -0.387 e. The van der Waals surface area contributed by atoms with E-state index in [2.05, 4.69) is 10.4 Å². The molecule has 0 spiro atoms. The van der Waals surface area contributed by atoms with Crippen LogP contribution in [0.15, 0.2) is 26.7 Å². The smallest absolute Gasteiger partial charge is 0.387 e. The molecule has 0 bridgehead atoms. The Balaban J connectivity index is 1.59. The second kappa shape index (κ2) is 6.23. The SMILES string of the molecule is O=C(Cn1nc(-c2cccs2)oc1=O)NC[C@@H]1CCCO1. The molecule has 1 saturated heterocycles. The van der Waals surface area contributed by atoms with Crippen LogP contribution in [-0.2, 0) is 16.1 Å². The molecule has 0 aromatic carbocycles. The van der Waals surface area contributed by atoms with E-state index < -0.39 is 5.76 Å². The van der Waals surface area contributed by atoms with E-state index in [-0.39, 0.29) is 24.4 Å². The number of rotatable bonds is 5. The van der Waals surface area contributed by atoms with Gasteiger partial charge in [-0.15, -0.1) is 16.4 Å². The van der Waals surface area contributed by atoms with Gasteiger partial charge in [0.05, 0.1) is 11.0 Å². The minimum atomic E-state index is -0.634. The Morgan fingerprint density at radius 1 is 1.57 bits per heavy atom. The summed E-state index contributed by atoms with van der Waals surface area (Å²) in [6.45, 7) is 1.05. The second-order valence-corrected chi connectivity index (χ2v) is 5.69. The zero-order valence-corrected chi connectivity index (χ0v) is 12.1. The van der Waals surface area contributed by atoms with E-state index in [0.29, 0.717) is 6.54 Å². The highest BCUT2D eigenvalue weighted by Crippen LogP contribution is 2.20. The molecule has 0 aliphatic carbocycles. The van der Waals surface area contributed by atoms with Crippen LogP contribution in [0.5, 0.6) is 0 Å². The highest BCUT2D eigenvalue weighted by molar-refractivity contribution is 7.13. The van der Waals surface area contributed by atoms with Crippen LogP contribution in [0.1, 0.15) is 12.8 Å². The molecule has 2 aromatic rings. The lowest BCUT2D eigenvalue weighted by molar-refractivity contribution is -0.122. The fourth-order valence-corrected chi connectivity index (χ4v) is 2.78. The number of thiophene rings is 1. The lowest BCUT2D eigenvalue weighted by Crippen LogP contribution is -2.36. The molecule has 1 atom stereocenters. The van der Waals surface area contributed by atoms with Crippen LogP contribution in [0.2, 0.25) is 0 Å². The largest absolute Gasteiger partial charge is 0.437 e. The number of nitrogens with zero attached hydrogens (tertiary/aromatic N) is 2. The van der Waals surface area contributed by atoms with Gasteiger partial charge in [-0.25, -0.2) is 4.79 Å². The van der Waals surface area contributed by atoms with Crippen LogP contribution >= 0.6 is 11.3 Å². The summed E-state index contributed by atoms with van der Waals surface area (Å²) in [5.74, 6) is -0.675. The van der Waals surface area contributed by atoms with Crippen molar-refractivity contribution in [3.05, 3.63) is 28.1 Å². The monoisotopic (exact) mass is 309 g/mol. The van der Waals surface area contributed by atoms with Gasteiger partial charge in [0.15, 0.2) is 0 Å². The Morgan fingerprint density at radius 2 is 2.48 bits per heavy atom. The highest BCUT2D eigenvalue weighted by atomic mass is 32.1. The van der Waals surface area contributed by atoms with Gasteiger partial charge in [-0.2, -0.15) is 4.68 Å². The minimum absolute atomic E-state index is 0.0738. The van der Waals surface area contributed by atoms with Crippen molar-refractivity contribution in [1.29, 1.82) is 0 Å². The number of carbonyl (C=O) groups excluding carboxylic acids is 1. The molecule has 1 aliphatic rings. The molecule has 0 unspecified atom stereocenters. The van der Waals surface area contributed by atoms with E-state index in [1.165, 1.54) is 11.3 Å². The predicted molar refractivity (Wildman–Crippen MR) is 76.1 cm³/mol. The molecular formula is C13H15N3O4S. The first-order chi connectivity index (χ1) is 10.2. The summed E-state index contributed by atoms with van der Waals surface area (Å²) in [5, 5.41) is 8.63. The Kier molecular flexibility index (Phi) is 4.16. The molecule has 21 heavy (non-hydrogen) atoms. The highest BCUT2D eigenvalue weighted by Gasteiger charge is 2.17. The third kappa shape index (κ3) is 3.40. The zero-order chi connectivity index (χ0) is 14.7. The van der Waals surface area contributed by atoms with Gasteiger partial charge in [0.25, 0.3) is 5.89 Å². The number of aromatic nitrogens is 2. The van der Waals surface area contributed by atoms with E-state index in [4.69, 9.17) is 9.15 Å². The van der Waals surface area contributed by atoms with E-state index in [0.717, 1.165) is 29.0 Å². The maximum absolute atomic E-state index is 11.8. The summed E-state index contributed by atoms with van der Waals surface area (Å²) < 4.78 is 11.5. The van der Waals surface area contributed by atoms with Crippen LogP contribution in [0, 0.1) is 0 Å². The van der Waals surface area contributed by atoms with E-state index in [1.54, 1.807) is 6.07 Å². The standard InChI is InChI=1S/C13H15N3O4S/c17-11(14-7-9-3-1-5-19-9)8-16-13(18)20-12(15-16)10-4-2-6-21-10/h2,4,6,9H,1,3,5,7-8H2,(H,14,17)/t9-/m0/s1. The van der Waals surface area contributed by atoms with Gasteiger partial charge in [-0.1, -0.05) is 6.07 Å². The van der Waals surface area contributed by atoms with Gasteiger partial charge in [0.1, 0.15) is 6.54 Å². The van der Waals surface area contributed by atoms with E-state index in [1.807, 2.05) is 11.4 Å². The first-order valence-electron chi connectivity index (χ1n) is 6.72. The fourth-order valence-electron chi connectivity index (χ4n) is 2.13. The normalized spacial score (nSPS) is 18.0. The number of amides is 1. The number of ether oxygens (including phenoxy) is 1. The Labute approximate surface area is 124 Å². The molecule has 112 valence electrons. The lowest BCUT2D eigenvalue weighted by Gasteiger charge is -2.10. The van der Waals surface area contributed by atoms with Gasteiger partial charge >= 0.3 is 5.76 Å². The third-order valence-electron chi connectivity index (χ3n) is 3.18. The van der Waals surface area contributed by atoms with Gasteiger partial charge in [-0.3, -0.25) is 4.79 Å². The van der Waals surface area contributed by atoms with Crippen molar-refractivity contribution in [3.8, 4) is 10.8 Å². The van der Waals surface area contributed by atoms with E-state index >= 15 is 0 Å². The maximum atomic E-state index is 11.8.